The van der Waals surface area contributed by atoms with Crippen LogP contribution in [-0.2, 0) is 0 Å². The molecule has 0 amide bonds. The third-order valence-corrected chi connectivity index (χ3v) is 2.58. The minimum Gasteiger partial charge on any atom is -0.391 e. The van der Waals surface area contributed by atoms with E-state index in [4.69, 9.17) is 0 Å². The number of aliphatic hydroxyl groups is 1. The molecule has 1 N–H and O–H groups in total. The Balaban J connectivity index is 2.28. The largest absolute Gasteiger partial charge is 0.391 e. The second-order valence-corrected chi connectivity index (χ2v) is 3.38. The summed E-state index contributed by atoms with van der Waals surface area (Å²) in [5.74, 6) is 0. The summed E-state index contributed by atoms with van der Waals surface area (Å²) < 4.78 is 1.63. The van der Waals surface area contributed by atoms with Crippen LogP contribution < -0.4 is 0 Å². The molecular weight excluding hydrogens is 168 g/mol. The predicted molar refractivity (Wildman–Crippen MR) is 46.5 cm³/mol. The van der Waals surface area contributed by atoms with Crippen molar-refractivity contribution in [2.24, 2.45) is 0 Å². The molecule has 70 valence electrons. The maximum absolute atomic E-state index is 10.6. The SMILES string of the molecule is O=Cc1ccnn1C1CCCC1O. The van der Waals surface area contributed by atoms with Crippen LogP contribution in [0.25, 0.3) is 0 Å². The van der Waals surface area contributed by atoms with E-state index in [2.05, 4.69) is 5.10 Å². The van der Waals surface area contributed by atoms with Crippen LogP contribution in [0.15, 0.2) is 12.3 Å². The highest BCUT2D eigenvalue weighted by molar-refractivity contribution is 5.71. The van der Waals surface area contributed by atoms with Crippen molar-refractivity contribution in [3.05, 3.63) is 18.0 Å². The highest BCUT2D eigenvalue weighted by Crippen LogP contribution is 2.29. The summed E-state index contributed by atoms with van der Waals surface area (Å²) in [6.07, 6.45) is 4.74. The Labute approximate surface area is 76.2 Å². The van der Waals surface area contributed by atoms with Gasteiger partial charge >= 0.3 is 0 Å². The molecule has 0 aliphatic heterocycles. The van der Waals surface area contributed by atoms with E-state index in [1.165, 1.54) is 0 Å². The normalized spacial score (nSPS) is 27.8. The molecule has 0 spiro atoms. The van der Waals surface area contributed by atoms with Gasteiger partial charge in [-0.3, -0.25) is 9.48 Å². The first-order valence-corrected chi connectivity index (χ1v) is 4.49. The fourth-order valence-corrected chi connectivity index (χ4v) is 1.90. The molecule has 2 rings (SSSR count). The molecule has 0 aromatic carbocycles. The summed E-state index contributed by atoms with van der Waals surface area (Å²) in [5.41, 5.74) is 0.547. The maximum atomic E-state index is 10.6. The van der Waals surface area contributed by atoms with Gasteiger partial charge in [0, 0.05) is 6.20 Å². The molecule has 1 aromatic heterocycles. The number of hydrogen-bond acceptors (Lipinski definition) is 3. The van der Waals surface area contributed by atoms with Gasteiger partial charge in [0.2, 0.25) is 0 Å². The standard InChI is InChI=1S/C9H12N2O2/c12-6-7-4-5-10-11(7)8-2-1-3-9(8)13/h4-6,8-9,13H,1-3H2. The first-order chi connectivity index (χ1) is 6.33. The van der Waals surface area contributed by atoms with Crippen molar-refractivity contribution < 1.29 is 9.90 Å². The van der Waals surface area contributed by atoms with Crippen LogP contribution in [0.2, 0.25) is 0 Å². The smallest absolute Gasteiger partial charge is 0.168 e. The van der Waals surface area contributed by atoms with E-state index in [1.54, 1.807) is 16.9 Å². The van der Waals surface area contributed by atoms with Crippen LogP contribution in [0.1, 0.15) is 35.8 Å². The Kier molecular flexibility index (Phi) is 2.14. The van der Waals surface area contributed by atoms with Gasteiger partial charge in [0.1, 0.15) is 5.69 Å². The molecule has 0 saturated heterocycles. The highest BCUT2D eigenvalue weighted by Gasteiger charge is 2.28. The van der Waals surface area contributed by atoms with E-state index >= 15 is 0 Å². The molecule has 4 heteroatoms. The number of aldehydes is 1. The van der Waals surface area contributed by atoms with Gasteiger partial charge in [0.25, 0.3) is 0 Å². The summed E-state index contributed by atoms with van der Waals surface area (Å²) in [5, 5.41) is 13.6. The van der Waals surface area contributed by atoms with Crippen molar-refractivity contribution in [3.63, 3.8) is 0 Å². The molecule has 1 aliphatic rings. The molecule has 2 atom stereocenters. The van der Waals surface area contributed by atoms with Crippen molar-refractivity contribution in [3.8, 4) is 0 Å². The van der Waals surface area contributed by atoms with E-state index in [0.717, 1.165) is 25.5 Å². The Morgan fingerprint density at radius 1 is 1.62 bits per heavy atom. The van der Waals surface area contributed by atoms with Crippen molar-refractivity contribution in [1.82, 2.24) is 9.78 Å². The van der Waals surface area contributed by atoms with E-state index in [1.807, 2.05) is 0 Å². The van der Waals surface area contributed by atoms with Crippen LogP contribution in [0, 0.1) is 0 Å². The third-order valence-electron chi connectivity index (χ3n) is 2.58. The number of carbonyl (C=O) groups excluding carboxylic acids is 1. The summed E-state index contributed by atoms with van der Waals surface area (Å²) in [4.78, 5) is 10.6. The lowest BCUT2D eigenvalue weighted by Gasteiger charge is -2.15. The topological polar surface area (TPSA) is 55.1 Å². The summed E-state index contributed by atoms with van der Waals surface area (Å²) >= 11 is 0. The average Bonchev–Trinajstić information content (AvgIpc) is 2.71. The fourth-order valence-electron chi connectivity index (χ4n) is 1.90. The number of rotatable bonds is 2. The molecule has 13 heavy (non-hydrogen) atoms. The van der Waals surface area contributed by atoms with Gasteiger partial charge in [0.15, 0.2) is 6.29 Å². The zero-order valence-electron chi connectivity index (χ0n) is 7.26. The average molecular weight is 180 g/mol. The molecule has 1 aromatic rings. The van der Waals surface area contributed by atoms with E-state index in [-0.39, 0.29) is 12.1 Å². The number of aromatic nitrogens is 2. The molecule has 0 bridgehead atoms. The van der Waals surface area contributed by atoms with Gasteiger partial charge in [0.05, 0.1) is 12.1 Å². The molecule has 1 saturated carbocycles. The van der Waals surface area contributed by atoms with Crippen LogP contribution in [0.4, 0.5) is 0 Å². The van der Waals surface area contributed by atoms with E-state index in [9.17, 15) is 9.90 Å². The summed E-state index contributed by atoms with van der Waals surface area (Å²) in [6, 6.07) is 1.66. The van der Waals surface area contributed by atoms with Crippen LogP contribution in [-0.4, -0.2) is 27.3 Å². The minimum atomic E-state index is -0.349. The molecule has 1 fully saturated rings. The molecule has 4 nitrogen and oxygen atoms in total. The van der Waals surface area contributed by atoms with Gasteiger partial charge in [-0.25, -0.2) is 0 Å². The number of hydrogen-bond donors (Lipinski definition) is 1. The van der Waals surface area contributed by atoms with Crippen LogP contribution in [0.5, 0.6) is 0 Å². The number of aliphatic hydroxyl groups excluding tert-OH is 1. The number of nitrogens with zero attached hydrogens (tertiary/aromatic N) is 2. The Morgan fingerprint density at radius 3 is 3.08 bits per heavy atom. The van der Waals surface area contributed by atoms with Gasteiger partial charge in [-0.1, -0.05) is 0 Å². The molecule has 1 heterocycles. The van der Waals surface area contributed by atoms with Gasteiger partial charge in [-0.15, -0.1) is 0 Å². The van der Waals surface area contributed by atoms with E-state index in [0.29, 0.717) is 5.69 Å². The van der Waals surface area contributed by atoms with Gasteiger partial charge in [-0.2, -0.15) is 5.10 Å². The third kappa shape index (κ3) is 1.37. The van der Waals surface area contributed by atoms with Crippen molar-refractivity contribution in [1.29, 1.82) is 0 Å². The Bertz CT molecular complexity index is 308. The van der Waals surface area contributed by atoms with Crippen LogP contribution >= 0.6 is 0 Å². The molecule has 0 radical (unpaired) electrons. The highest BCUT2D eigenvalue weighted by atomic mass is 16.3. The van der Waals surface area contributed by atoms with Crippen molar-refractivity contribution >= 4 is 6.29 Å². The zero-order chi connectivity index (χ0) is 9.26. The molecular formula is C9H12N2O2. The first-order valence-electron chi connectivity index (χ1n) is 4.49. The van der Waals surface area contributed by atoms with E-state index < -0.39 is 0 Å². The van der Waals surface area contributed by atoms with Crippen molar-refractivity contribution in [2.45, 2.75) is 31.4 Å². The lowest BCUT2D eigenvalue weighted by molar-refractivity contribution is 0.108. The minimum absolute atomic E-state index is 0.00444. The Hall–Kier alpha value is -1.16. The van der Waals surface area contributed by atoms with Crippen LogP contribution in [0.3, 0.4) is 0 Å². The van der Waals surface area contributed by atoms with Gasteiger partial charge < -0.3 is 5.11 Å². The predicted octanol–water partition coefficient (Wildman–Crippen LogP) is 0.781. The molecule has 1 aliphatic carbocycles. The first kappa shape index (κ1) is 8.44. The second-order valence-electron chi connectivity index (χ2n) is 3.38. The summed E-state index contributed by atoms with van der Waals surface area (Å²) in [7, 11) is 0. The number of carbonyl (C=O) groups is 1. The lowest BCUT2D eigenvalue weighted by atomic mass is 10.2. The zero-order valence-corrected chi connectivity index (χ0v) is 7.26. The monoisotopic (exact) mass is 180 g/mol. The van der Waals surface area contributed by atoms with Crippen molar-refractivity contribution in [2.75, 3.05) is 0 Å². The summed E-state index contributed by atoms with van der Waals surface area (Å²) in [6.45, 7) is 0. The lowest BCUT2D eigenvalue weighted by Crippen LogP contribution is -2.20. The fraction of sp³-hybridized carbons (Fsp3) is 0.556. The Morgan fingerprint density at radius 2 is 2.46 bits per heavy atom. The molecule has 2 unspecified atom stereocenters. The maximum Gasteiger partial charge on any atom is 0.168 e. The van der Waals surface area contributed by atoms with Gasteiger partial charge in [-0.05, 0) is 25.3 Å². The quantitative estimate of drug-likeness (QED) is 0.684. The second kappa shape index (κ2) is 3.30.